The van der Waals surface area contributed by atoms with Crippen molar-refractivity contribution >= 4 is 0 Å². The molecule has 0 heterocycles. The van der Waals surface area contributed by atoms with E-state index in [1.54, 1.807) is 0 Å². The summed E-state index contributed by atoms with van der Waals surface area (Å²) in [5.74, 6) is 0. The smallest absolute Gasteiger partial charge is 0.0521 e. The average Bonchev–Trinajstić information content (AvgIpc) is 2.08. The van der Waals surface area contributed by atoms with Gasteiger partial charge in [-0.15, -0.1) is 0 Å². The fraction of sp³-hybridized carbons (Fsp3) is 1.00. The number of rotatable bonds is 6. The lowest BCUT2D eigenvalue weighted by molar-refractivity contribution is 0.0486. The molecule has 0 aliphatic carbocycles. The Bertz CT molecular complexity index is 85.4. The van der Waals surface area contributed by atoms with E-state index in [0.717, 1.165) is 0 Å². The van der Waals surface area contributed by atoms with Crippen LogP contribution < -0.4 is 5.73 Å². The van der Waals surface area contributed by atoms with E-state index in [1.807, 2.05) is 0 Å². The third-order valence-corrected chi connectivity index (χ3v) is 1.97. The van der Waals surface area contributed by atoms with Crippen molar-refractivity contribution < 1.29 is 15.3 Å². The summed E-state index contributed by atoms with van der Waals surface area (Å²) in [5.41, 5.74) is 4.77. The zero-order chi connectivity index (χ0) is 8.74. The molecule has 11 heavy (non-hydrogen) atoms. The van der Waals surface area contributed by atoms with Crippen LogP contribution in [0.25, 0.3) is 0 Å². The lowest BCUT2D eigenvalue weighted by Crippen LogP contribution is -2.38. The first kappa shape index (κ1) is 10.8. The Morgan fingerprint density at radius 2 is 1.64 bits per heavy atom. The second kappa shape index (κ2) is 5.49. The Labute approximate surface area is 66.7 Å². The van der Waals surface area contributed by atoms with E-state index in [2.05, 4.69) is 0 Å². The third-order valence-electron chi connectivity index (χ3n) is 1.97. The largest absolute Gasteiger partial charge is 0.396 e. The van der Waals surface area contributed by atoms with E-state index >= 15 is 0 Å². The molecule has 0 aliphatic rings. The first-order valence-electron chi connectivity index (χ1n) is 3.77. The SMILES string of the molecule is NCC(CO)(CO)CCCO. The van der Waals surface area contributed by atoms with Crippen LogP contribution >= 0.6 is 0 Å². The summed E-state index contributed by atoms with van der Waals surface area (Å²) in [6, 6.07) is 0. The molecule has 0 saturated heterocycles. The molecule has 0 rings (SSSR count). The minimum atomic E-state index is -0.595. The number of aliphatic hydroxyl groups excluding tert-OH is 3. The molecule has 0 atom stereocenters. The molecule has 5 N–H and O–H groups in total. The van der Waals surface area contributed by atoms with Crippen LogP contribution in [-0.4, -0.2) is 41.7 Å². The molecule has 0 spiro atoms. The molecule has 4 nitrogen and oxygen atoms in total. The summed E-state index contributed by atoms with van der Waals surface area (Å²) in [4.78, 5) is 0. The second-order valence-corrected chi connectivity index (χ2v) is 2.85. The van der Waals surface area contributed by atoms with Gasteiger partial charge in [0.05, 0.1) is 13.2 Å². The Morgan fingerprint density at radius 3 is 1.91 bits per heavy atom. The zero-order valence-corrected chi connectivity index (χ0v) is 6.66. The van der Waals surface area contributed by atoms with Crippen molar-refractivity contribution in [3.63, 3.8) is 0 Å². The van der Waals surface area contributed by atoms with Crippen LogP contribution in [0.3, 0.4) is 0 Å². The van der Waals surface area contributed by atoms with Crippen LogP contribution in [0.2, 0.25) is 0 Å². The molecule has 0 fully saturated rings. The van der Waals surface area contributed by atoms with Gasteiger partial charge in [0.25, 0.3) is 0 Å². The van der Waals surface area contributed by atoms with E-state index < -0.39 is 5.41 Å². The molecule has 0 radical (unpaired) electrons. The van der Waals surface area contributed by atoms with Crippen molar-refractivity contribution in [3.8, 4) is 0 Å². The van der Waals surface area contributed by atoms with Gasteiger partial charge in [-0.05, 0) is 12.8 Å². The predicted molar refractivity (Wildman–Crippen MR) is 42.0 cm³/mol. The van der Waals surface area contributed by atoms with Gasteiger partial charge in [0, 0.05) is 18.6 Å². The summed E-state index contributed by atoms with van der Waals surface area (Å²) in [7, 11) is 0. The first-order valence-corrected chi connectivity index (χ1v) is 3.77. The summed E-state index contributed by atoms with van der Waals surface area (Å²) in [6.07, 6.45) is 1.13. The van der Waals surface area contributed by atoms with Crippen LogP contribution in [-0.2, 0) is 0 Å². The highest BCUT2D eigenvalue weighted by molar-refractivity contribution is 4.78. The van der Waals surface area contributed by atoms with E-state index in [0.29, 0.717) is 12.8 Å². The Morgan fingerprint density at radius 1 is 1.09 bits per heavy atom. The minimum Gasteiger partial charge on any atom is -0.396 e. The molecule has 68 valence electrons. The zero-order valence-electron chi connectivity index (χ0n) is 6.66. The van der Waals surface area contributed by atoms with Crippen molar-refractivity contribution in [2.75, 3.05) is 26.4 Å². The van der Waals surface area contributed by atoms with Gasteiger partial charge in [0.1, 0.15) is 0 Å². The van der Waals surface area contributed by atoms with Gasteiger partial charge in [-0.25, -0.2) is 0 Å². The quantitative estimate of drug-likeness (QED) is 0.391. The maximum Gasteiger partial charge on any atom is 0.0521 e. The Kier molecular flexibility index (Phi) is 5.41. The maximum absolute atomic E-state index is 8.88. The molecule has 0 saturated carbocycles. The van der Waals surface area contributed by atoms with Gasteiger partial charge >= 0.3 is 0 Å². The highest BCUT2D eigenvalue weighted by Gasteiger charge is 2.25. The molecular formula is C7H17NO3. The predicted octanol–water partition coefficient (Wildman–Crippen LogP) is -1.31. The second-order valence-electron chi connectivity index (χ2n) is 2.85. The normalized spacial score (nSPS) is 12.0. The number of aliphatic hydroxyl groups is 3. The van der Waals surface area contributed by atoms with E-state index in [9.17, 15) is 0 Å². The highest BCUT2D eigenvalue weighted by Crippen LogP contribution is 2.20. The Hall–Kier alpha value is -0.160. The van der Waals surface area contributed by atoms with Gasteiger partial charge in [-0.2, -0.15) is 0 Å². The van der Waals surface area contributed by atoms with Crippen molar-refractivity contribution in [1.29, 1.82) is 0 Å². The first-order chi connectivity index (χ1) is 5.24. The van der Waals surface area contributed by atoms with Gasteiger partial charge < -0.3 is 21.1 Å². The van der Waals surface area contributed by atoms with E-state index in [1.165, 1.54) is 0 Å². The topological polar surface area (TPSA) is 86.7 Å². The van der Waals surface area contributed by atoms with Crippen molar-refractivity contribution in [3.05, 3.63) is 0 Å². The van der Waals surface area contributed by atoms with E-state index in [4.69, 9.17) is 21.1 Å². The van der Waals surface area contributed by atoms with Gasteiger partial charge in [-0.1, -0.05) is 0 Å². The van der Waals surface area contributed by atoms with Crippen LogP contribution in [0.5, 0.6) is 0 Å². The third kappa shape index (κ3) is 3.16. The average molecular weight is 163 g/mol. The van der Waals surface area contributed by atoms with Crippen molar-refractivity contribution in [2.45, 2.75) is 12.8 Å². The molecule has 0 amide bonds. The van der Waals surface area contributed by atoms with E-state index in [-0.39, 0.29) is 26.4 Å². The fourth-order valence-corrected chi connectivity index (χ4v) is 0.893. The van der Waals surface area contributed by atoms with Gasteiger partial charge in [-0.3, -0.25) is 0 Å². The van der Waals surface area contributed by atoms with Crippen LogP contribution in [0.4, 0.5) is 0 Å². The standard InChI is InChI=1S/C7H17NO3/c8-4-7(5-10,6-11)2-1-3-9/h9-11H,1-6,8H2. The van der Waals surface area contributed by atoms with Crippen molar-refractivity contribution in [1.82, 2.24) is 0 Å². The number of hydrogen-bond acceptors (Lipinski definition) is 4. The Balaban J connectivity index is 3.84. The van der Waals surface area contributed by atoms with Crippen LogP contribution in [0.1, 0.15) is 12.8 Å². The lowest BCUT2D eigenvalue weighted by atomic mass is 9.85. The molecule has 0 bridgehead atoms. The lowest BCUT2D eigenvalue weighted by Gasteiger charge is -2.27. The number of nitrogens with two attached hydrogens (primary N) is 1. The summed E-state index contributed by atoms with van der Waals surface area (Å²) in [6.45, 7) is 0.0712. The maximum atomic E-state index is 8.88. The molecule has 4 heteroatoms. The fourth-order valence-electron chi connectivity index (χ4n) is 0.893. The van der Waals surface area contributed by atoms with Gasteiger partial charge in [0.2, 0.25) is 0 Å². The van der Waals surface area contributed by atoms with Crippen molar-refractivity contribution in [2.24, 2.45) is 11.1 Å². The number of hydrogen-bond donors (Lipinski definition) is 4. The molecule has 0 aromatic carbocycles. The minimum absolute atomic E-state index is 0.0712. The molecule has 0 aromatic heterocycles. The summed E-state index contributed by atoms with van der Waals surface area (Å²) < 4.78 is 0. The molecule has 0 aromatic rings. The molecule has 0 aliphatic heterocycles. The molecular weight excluding hydrogens is 146 g/mol. The highest BCUT2D eigenvalue weighted by atomic mass is 16.3. The summed E-state index contributed by atoms with van der Waals surface area (Å²) >= 11 is 0. The molecule has 0 unspecified atom stereocenters. The van der Waals surface area contributed by atoms with Crippen LogP contribution in [0, 0.1) is 5.41 Å². The van der Waals surface area contributed by atoms with Gasteiger partial charge in [0.15, 0.2) is 0 Å². The monoisotopic (exact) mass is 163 g/mol. The summed E-state index contributed by atoms with van der Waals surface area (Å²) in [5, 5.41) is 26.3. The van der Waals surface area contributed by atoms with Crippen LogP contribution in [0.15, 0.2) is 0 Å².